The van der Waals surface area contributed by atoms with Gasteiger partial charge in [0.05, 0.1) is 11.4 Å². The smallest absolute Gasteiger partial charge is 0.236 e. The second kappa shape index (κ2) is 5.38. The Kier molecular flexibility index (Phi) is 4.58. The third kappa shape index (κ3) is 5.06. The molecule has 0 aliphatic carbocycles. The average molecular weight is 277 g/mol. The van der Waals surface area contributed by atoms with Gasteiger partial charge in [-0.3, -0.25) is 0 Å². The fraction of sp³-hybridized carbons (Fsp3) is 0.500. The lowest BCUT2D eigenvalue weighted by molar-refractivity contribution is 0.0231. The summed E-state index contributed by atoms with van der Waals surface area (Å²) in [5, 5.41) is 0. The summed E-state index contributed by atoms with van der Waals surface area (Å²) in [4.78, 5) is 0. The molecule has 5 heteroatoms. The minimum absolute atomic E-state index is 0.148. The molecule has 0 fully saturated rings. The fourth-order valence-electron chi connectivity index (χ4n) is 1.59. The summed E-state index contributed by atoms with van der Waals surface area (Å²) < 4.78 is 27.6. The molecule has 1 rings (SSSR count). The summed E-state index contributed by atoms with van der Waals surface area (Å²) in [5.74, 6) is -0.148. The van der Waals surface area contributed by atoms with E-state index in [1.54, 1.807) is 19.2 Å². The number of halogens is 1. The van der Waals surface area contributed by atoms with Crippen LogP contribution < -0.4 is 0 Å². The van der Waals surface area contributed by atoms with Gasteiger partial charge in [-0.05, 0) is 25.0 Å². The summed E-state index contributed by atoms with van der Waals surface area (Å²) in [7, 11) is 3.39. The first kappa shape index (κ1) is 14.5. The van der Waals surface area contributed by atoms with Gasteiger partial charge in [0.2, 0.25) is 9.05 Å². The van der Waals surface area contributed by atoms with Crippen molar-refractivity contribution in [3.63, 3.8) is 0 Å². The van der Waals surface area contributed by atoms with Crippen molar-refractivity contribution in [1.82, 2.24) is 0 Å². The quantitative estimate of drug-likeness (QED) is 0.777. The number of hydrogen-bond acceptors (Lipinski definition) is 3. The Morgan fingerprint density at radius 1 is 1.24 bits per heavy atom. The van der Waals surface area contributed by atoms with Crippen molar-refractivity contribution in [3.8, 4) is 0 Å². The summed E-state index contributed by atoms with van der Waals surface area (Å²) in [6.07, 6.45) is 0.645. The molecule has 0 aliphatic rings. The molecular formula is C12H17ClO3S. The topological polar surface area (TPSA) is 43.4 Å². The van der Waals surface area contributed by atoms with Crippen LogP contribution in [-0.4, -0.2) is 21.1 Å². The maximum absolute atomic E-state index is 11.1. The summed E-state index contributed by atoms with van der Waals surface area (Å²) in [6, 6.07) is 7.37. The van der Waals surface area contributed by atoms with E-state index in [2.05, 4.69) is 0 Å². The van der Waals surface area contributed by atoms with Crippen LogP contribution in [0.2, 0.25) is 0 Å². The van der Waals surface area contributed by atoms with Gasteiger partial charge in [-0.25, -0.2) is 8.42 Å². The molecule has 0 aromatic heterocycles. The van der Waals surface area contributed by atoms with Crippen LogP contribution >= 0.6 is 10.7 Å². The molecule has 1 aromatic rings. The molecule has 17 heavy (non-hydrogen) atoms. The Balaban J connectivity index is 3.00. The van der Waals surface area contributed by atoms with E-state index in [9.17, 15) is 8.42 Å². The minimum atomic E-state index is -3.53. The van der Waals surface area contributed by atoms with Gasteiger partial charge < -0.3 is 4.74 Å². The zero-order chi connectivity index (χ0) is 13.1. The summed E-state index contributed by atoms with van der Waals surface area (Å²) in [5.41, 5.74) is 1.35. The van der Waals surface area contributed by atoms with Gasteiger partial charge in [-0.15, -0.1) is 0 Å². The minimum Gasteiger partial charge on any atom is -0.378 e. The average Bonchev–Trinajstić information content (AvgIpc) is 2.19. The van der Waals surface area contributed by atoms with E-state index in [4.69, 9.17) is 15.4 Å². The van der Waals surface area contributed by atoms with Crippen molar-refractivity contribution in [2.75, 3.05) is 7.11 Å². The van der Waals surface area contributed by atoms with Gasteiger partial charge in [0.15, 0.2) is 0 Å². The number of methoxy groups -OCH3 is 1. The van der Waals surface area contributed by atoms with Crippen LogP contribution in [0.15, 0.2) is 24.3 Å². The highest BCUT2D eigenvalue weighted by molar-refractivity contribution is 8.13. The molecule has 0 aliphatic heterocycles. The van der Waals surface area contributed by atoms with E-state index in [-0.39, 0.29) is 11.4 Å². The van der Waals surface area contributed by atoms with Crippen LogP contribution in [-0.2, 0) is 26.0 Å². The molecule has 0 radical (unpaired) electrons. The Bertz CT molecular complexity index is 480. The molecule has 0 saturated heterocycles. The largest absolute Gasteiger partial charge is 0.378 e. The Morgan fingerprint density at radius 3 is 2.24 bits per heavy atom. The second-order valence-corrected chi connectivity index (χ2v) is 7.37. The molecule has 1 aromatic carbocycles. The molecule has 0 saturated carbocycles. The van der Waals surface area contributed by atoms with E-state index < -0.39 is 9.05 Å². The van der Waals surface area contributed by atoms with Crippen LogP contribution in [0.25, 0.3) is 0 Å². The van der Waals surface area contributed by atoms with Crippen molar-refractivity contribution in [3.05, 3.63) is 35.4 Å². The zero-order valence-electron chi connectivity index (χ0n) is 10.2. The zero-order valence-corrected chi connectivity index (χ0v) is 11.8. The lowest BCUT2D eigenvalue weighted by Gasteiger charge is -2.24. The third-order valence-electron chi connectivity index (χ3n) is 2.62. The molecule has 0 amide bonds. The number of rotatable bonds is 5. The molecule has 0 spiro atoms. The van der Waals surface area contributed by atoms with Crippen molar-refractivity contribution in [1.29, 1.82) is 0 Å². The van der Waals surface area contributed by atoms with Gasteiger partial charge in [-0.1, -0.05) is 24.3 Å². The predicted octanol–water partition coefficient (Wildman–Crippen LogP) is 2.72. The monoisotopic (exact) mass is 276 g/mol. The highest BCUT2D eigenvalue weighted by Crippen LogP contribution is 2.21. The van der Waals surface area contributed by atoms with Gasteiger partial charge >= 0.3 is 0 Å². The first-order valence-electron chi connectivity index (χ1n) is 5.28. The van der Waals surface area contributed by atoms with Crippen LogP contribution in [0.5, 0.6) is 0 Å². The first-order chi connectivity index (χ1) is 7.73. The van der Waals surface area contributed by atoms with Crippen molar-refractivity contribution < 1.29 is 13.2 Å². The standard InChI is InChI=1S/C12H17ClO3S/c1-12(2,16-3)8-10-6-4-5-7-11(10)9-17(13,14)15/h4-7H,8-9H2,1-3H3. The lowest BCUT2D eigenvalue weighted by atomic mass is 9.95. The molecule has 0 atom stereocenters. The first-order valence-corrected chi connectivity index (χ1v) is 7.76. The van der Waals surface area contributed by atoms with E-state index in [0.29, 0.717) is 6.42 Å². The molecule has 96 valence electrons. The lowest BCUT2D eigenvalue weighted by Crippen LogP contribution is -2.26. The van der Waals surface area contributed by atoms with Gasteiger partial charge in [0.25, 0.3) is 0 Å². The molecular weight excluding hydrogens is 260 g/mol. The van der Waals surface area contributed by atoms with Crippen molar-refractivity contribution in [2.45, 2.75) is 31.6 Å². The second-order valence-electron chi connectivity index (χ2n) is 4.59. The van der Waals surface area contributed by atoms with E-state index >= 15 is 0 Å². The SMILES string of the molecule is COC(C)(C)Cc1ccccc1CS(=O)(=O)Cl. The van der Waals surface area contributed by atoms with Crippen molar-refractivity contribution in [2.24, 2.45) is 0 Å². The molecule has 0 unspecified atom stereocenters. The number of benzene rings is 1. The molecule has 3 nitrogen and oxygen atoms in total. The Labute approximate surface area is 107 Å². The van der Waals surface area contributed by atoms with Crippen LogP contribution in [0.4, 0.5) is 0 Å². The van der Waals surface area contributed by atoms with Crippen LogP contribution in [0.1, 0.15) is 25.0 Å². The van der Waals surface area contributed by atoms with E-state index in [0.717, 1.165) is 11.1 Å². The fourth-order valence-corrected chi connectivity index (χ4v) is 2.59. The van der Waals surface area contributed by atoms with E-state index in [1.807, 2.05) is 26.0 Å². The summed E-state index contributed by atoms with van der Waals surface area (Å²) >= 11 is 0. The van der Waals surface area contributed by atoms with Gasteiger partial charge in [-0.2, -0.15) is 0 Å². The molecule has 0 heterocycles. The maximum atomic E-state index is 11.1. The number of ether oxygens (including phenoxy) is 1. The van der Waals surface area contributed by atoms with Crippen molar-refractivity contribution >= 4 is 19.7 Å². The highest BCUT2D eigenvalue weighted by atomic mass is 35.7. The van der Waals surface area contributed by atoms with Gasteiger partial charge in [0, 0.05) is 24.2 Å². The van der Waals surface area contributed by atoms with Crippen LogP contribution in [0.3, 0.4) is 0 Å². The Hall–Kier alpha value is -0.580. The highest BCUT2D eigenvalue weighted by Gasteiger charge is 2.20. The summed E-state index contributed by atoms with van der Waals surface area (Å²) in [6.45, 7) is 3.91. The third-order valence-corrected chi connectivity index (χ3v) is 3.60. The molecule has 0 bridgehead atoms. The predicted molar refractivity (Wildman–Crippen MR) is 69.7 cm³/mol. The van der Waals surface area contributed by atoms with Gasteiger partial charge in [0.1, 0.15) is 0 Å². The van der Waals surface area contributed by atoms with E-state index in [1.165, 1.54) is 0 Å². The van der Waals surface area contributed by atoms with Crippen LogP contribution in [0, 0.1) is 0 Å². The molecule has 0 N–H and O–H groups in total. The number of hydrogen-bond donors (Lipinski definition) is 0. The Morgan fingerprint density at radius 2 is 1.76 bits per heavy atom. The maximum Gasteiger partial charge on any atom is 0.236 e. The normalized spacial score (nSPS) is 12.7.